The van der Waals surface area contributed by atoms with Gasteiger partial charge in [-0.1, -0.05) is 43.1 Å². The second-order valence-electron chi connectivity index (χ2n) is 4.49. The summed E-state index contributed by atoms with van der Waals surface area (Å²) in [6.45, 7) is 5.22. The van der Waals surface area contributed by atoms with Crippen LogP contribution in [0.1, 0.15) is 25.8 Å². The molecule has 0 saturated carbocycles. The highest BCUT2D eigenvalue weighted by molar-refractivity contribution is 6.42. The topological polar surface area (TPSA) is 32.3 Å². The van der Waals surface area contributed by atoms with Crippen molar-refractivity contribution in [2.75, 3.05) is 6.61 Å². The van der Waals surface area contributed by atoms with Gasteiger partial charge in [-0.05, 0) is 30.0 Å². The van der Waals surface area contributed by atoms with Crippen LogP contribution in [-0.2, 0) is 6.54 Å². The molecule has 1 aromatic rings. The molecule has 0 aliphatic rings. The molecule has 0 radical (unpaired) electrons. The van der Waals surface area contributed by atoms with Gasteiger partial charge in [0.2, 0.25) is 0 Å². The Morgan fingerprint density at radius 1 is 1.24 bits per heavy atom. The molecule has 4 heteroatoms. The van der Waals surface area contributed by atoms with Gasteiger partial charge in [-0.2, -0.15) is 0 Å². The fourth-order valence-electron chi connectivity index (χ4n) is 1.71. The lowest BCUT2D eigenvalue weighted by molar-refractivity contribution is 0.244. The van der Waals surface area contributed by atoms with Gasteiger partial charge in [0.05, 0.1) is 10.0 Å². The Labute approximate surface area is 113 Å². The van der Waals surface area contributed by atoms with Gasteiger partial charge in [-0.3, -0.25) is 0 Å². The summed E-state index contributed by atoms with van der Waals surface area (Å²) in [6, 6.07) is 5.94. The van der Waals surface area contributed by atoms with Crippen LogP contribution < -0.4 is 5.32 Å². The number of nitrogens with one attached hydrogen (secondary N) is 1. The van der Waals surface area contributed by atoms with E-state index < -0.39 is 0 Å². The summed E-state index contributed by atoms with van der Waals surface area (Å²) in [4.78, 5) is 0. The third-order valence-corrected chi connectivity index (χ3v) is 3.54. The number of rotatable bonds is 6. The van der Waals surface area contributed by atoms with Crippen molar-refractivity contribution in [1.82, 2.24) is 5.32 Å². The van der Waals surface area contributed by atoms with E-state index in [-0.39, 0.29) is 6.61 Å². The van der Waals surface area contributed by atoms with Crippen molar-refractivity contribution in [3.63, 3.8) is 0 Å². The molecule has 1 unspecified atom stereocenters. The Kier molecular flexibility index (Phi) is 6.28. The molecule has 1 rings (SSSR count). The van der Waals surface area contributed by atoms with Gasteiger partial charge in [0.1, 0.15) is 0 Å². The lowest BCUT2D eigenvalue weighted by Gasteiger charge is -2.21. The van der Waals surface area contributed by atoms with Gasteiger partial charge in [0.25, 0.3) is 0 Å². The summed E-state index contributed by atoms with van der Waals surface area (Å²) < 4.78 is 0. The molecule has 17 heavy (non-hydrogen) atoms. The first kappa shape index (κ1) is 14.8. The highest BCUT2D eigenvalue weighted by Gasteiger charge is 2.11. The Morgan fingerprint density at radius 3 is 2.47 bits per heavy atom. The number of benzene rings is 1. The molecule has 2 N–H and O–H groups in total. The number of hydrogen-bond donors (Lipinski definition) is 2. The maximum Gasteiger partial charge on any atom is 0.0595 e. The molecule has 2 nitrogen and oxygen atoms in total. The largest absolute Gasteiger partial charge is 0.396 e. The van der Waals surface area contributed by atoms with E-state index in [1.807, 2.05) is 12.1 Å². The first-order valence-electron chi connectivity index (χ1n) is 5.82. The third-order valence-electron chi connectivity index (χ3n) is 2.80. The average Bonchev–Trinajstić information content (AvgIpc) is 2.28. The van der Waals surface area contributed by atoms with Crippen molar-refractivity contribution in [2.24, 2.45) is 5.92 Å². The maximum atomic E-state index is 8.98. The van der Waals surface area contributed by atoms with Crippen LogP contribution in [0.15, 0.2) is 18.2 Å². The van der Waals surface area contributed by atoms with Gasteiger partial charge in [-0.15, -0.1) is 0 Å². The minimum atomic E-state index is 0.206. The summed E-state index contributed by atoms with van der Waals surface area (Å²) in [5, 5.41) is 13.6. The van der Waals surface area contributed by atoms with Crippen molar-refractivity contribution >= 4 is 23.2 Å². The van der Waals surface area contributed by atoms with Crippen LogP contribution in [0.2, 0.25) is 10.0 Å². The highest BCUT2D eigenvalue weighted by Crippen LogP contribution is 2.22. The van der Waals surface area contributed by atoms with Gasteiger partial charge < -0.3 is 10.4 Å². The first-order valence-corrected chi connectivity index (χ1v) is 6.58. The fraction of sp³-hybridized carbons (Fsp3) is 0.538. The Morgan fingerprint density at radius 2 is 1.94 bits per heavy atom. The molecule has 0 heterocycles. The number of halogens is 2. The minimum absolute atomic E-state index is 0.206. The van der Waals surface area contributed by atoms with E-state index in [0.29, 0.717) is 22.0 Å². The fourth-order valence-corrected chi connectivity index (χ4v) is 2.03. The van der Waals surface area contributed by atoms with Crippen LogP contribution in [0, 0.1) is 5.92 Å². The Hall–Kier alpha value is -0.280. The predicted molar refractivity (Wildman–Crippen MR) is 73.6 cm³/mol. The smallest absolute Gasteiger partial charge is 0.0595 e. The summed E-state index contributed by atoms with van der Waals surface area (Å²) in [5.74, 6) is 0.491. The Balaban J connectivity index is 2.56. The molecule has 0 amide bonds. The van der Waals surface area contributed by atoms with Crippen molar-refractivity contribution in [2.45, 2.75) is 32.9 Å². The van der Waals surface area contributed by atoms with E-state index in [2.05, 4.69) is 19.2 Å². The van der Waals surface area contributed by atoms with Crippen LogP contribution in [-0.4, -0.2) is 17.8 Å². The van der Waals surface area contributed by atoms with Crippen molar-refractivity contribution in [3.05, 3.63) is 33.8 Å². The molecule has 0 bridgehead atoms. The second-order valence-corrected chi connectivity index (χ2v) is 5.31. The van der Waals surface area contributed by atoms with Gasteiger partial charge in [0, 0.05) is 19.2 Å². The molecule has 0 aromatic heterocycles. The molecule has 0 spiro atoms. The van der Waals surface area contributed by atoms with Crippen molar-refractivity contribution in [1.29, 1.82) is 0 Å². The van der Waals surface area contributed by atoms with E-state index in [0.717, 1.165) is 18.5 Å². The van der Waals surface area contributed by atoms with Crippen molar-refractivity contribution < 1.29 is 5.11 Å². The zero-order valence-electron chi connectivity index (χ0n) is 10.2. The standard InChI is InChI=1S/C13H19Cl2NO/c1-9(2)13(5-6-17)16-8-10-3-4-11(14)12(15)7-10/h3-4,7,9,13,16-17H,5-6,8H2,1-2H3. The summed E-state index contributed by atoms with van der Waals surface area (Å²) in [7, 11) is 0. The number of aliphatic hydroxyl groups is 1. The molecule has 1 aromatic carbocycles. The van der Waals surface area contributed by atoms with E-state index in [1.54, 1.807) is 6.07 Å². The molecular formula is C13H19Cl2NO. The van der Waals surface area contributed by atoms with Gasteiger partial charge in [-0.25, -0.2) is 0 Å². The monoisotopic (exact) mass is 275 g/mol. The number of hydrogen-bond acceptors (Lipinski definition) is 2. The molecule has 96 valence electrons. The van der Waals surface area contributed by atoms with Gasteiger partial charge >= 0.3 is 0 Å². The molecule has 1 atom stereocenters. The van der Waals surface area contributed by atoms with Crippen LogP contribution in [0.5, 0.6) is 0 Å². The molecular weight excluding hydrogens is 257 g/mol. The highest BCUT2D eigenvalue weighted by atomic mass is 35.5. The zero-order chi connectivity index (χ0) is 12.8. The quantitative estimate of drug-likeness (QED) is 0.833. The average molecular weight is 276 g/mol. The van der Waals surface area contributed by atoms with E-state index >= 15 is 0 Å². The Bertz CT molecular complexity index is 355. The van der Waals surface area contributed by atoms with Gasteiger partial charge in [0.15, 0.2) is 0 Å². The van der Waals surface area contributed by atoms with E-state index in [9.17, 15) is 0 Å². The summed E-state index contributed by atoms with van der Waals surface area (Å²) in [5.41, 5.74) is 1.10. The molecule has 0 aliphatic heterocycles. The molecule has 0 fully saturated rings. The second kappa shape index (κ2) is 7.22. The van der Waals surface area contributed by atoms with Crippen LogP contribution >= 0.6 is 23.2 Å². The lowest BCUT2D eigenvalue weighted by Crippen LogP contribution is -2.34. The first-order chi connectivity index (χ1) is 8.04. The van der Waals surface area contributed by atoms with Crippen LogP contribution in [0.4, 0.5) is 0 Å². The normalized spacial score (nSPS) is 13.1. The van der Waals surface area contributed by atoms with E-state index in [4.69, 9.17) is 28.3 Å². The summed E-state index contributed by atoms with van der Waals surface area (Å²) in [6.07, 6.45) is 0.763. The summed E-state index contributed by atoms with van der Waals surface area (Å²) >= 11 is 11.8. The van der Waals surface area contributed by atoms with E-state index in [1.165, 1.54) is 0 Å². The van der Waals surface area contributed by atoms with Crippen molar-refractivity contribution in [3.8, 4) is 0 Å². The SMILES string of the molecule is CC(C)C(CCO)NCc1ccc(Cl)c(Cl)c1. The molecule has 0 saturated heterocycles. The predicted octanol–water partition coefficient (Wildman–Crippen LogP) is 3.49. The molecule has 0 aliphatic carbocycles. The zero-order valence-corrected chi connectivity index (χ0v) is 11.7. The lowest BCUT2D eigenvalue weighted by atomic mass is 10.0. The number of aliphatic hydroxyl groups excluding tert-OH is 1. The minimum Gasteiger partial charge on any atom is -0.396 e. The third kappa shape index (κ3) is 4.84. The van der Waals surface area contributed by atoms with Crippen LogP contribution in [0.3, 0.4) is 0 Å². The maximum absolute atomic E-state index is 8.98. The van der Waals surface area contributed by atoms with Crippen LogP contribution in [0.25, 0.3) is 0 Å².